The Morgan fingerprint density at radius 1 is 1.25 bits per heavy atom. The highest BCUT2D eigenvalue weighted by Gasteiger charge is 2.19. The molecule has 0 aliphatic rings. The van der Waals surface area contributed by atoms with Gasteiger partial charge < -0.3 is 10.4 Å². The van der Waals surface area contributed by atoms with Gasteiger partial charge >= 0.3 is 0 Å². The van der Waals surface area contributed by atoms with Crippen LogP contribution < -0.4 is 5.32 Å². The van der Waals surface area contributed by atoms with Crippen molar-refractivity contribution in [2.24, 2.45) is 0 Å². The van der Waals surface area contributed by atoms with Crippen molar-refractivity contribution in [1.29, 1.82) is 0 Å². The normalized spacial score (nSPS) is 11.9. The lowest BCUT2D eigenvalue weighted by atomic mass is 10.1. The first-order valence-corrected chi connectivity index (χ1v) is 7.98. The molecule has 0 spiro atoms. The number of amides is 1. The monoisotopic (exact) mass is 387 g/mol. The fourth-order valence-corrected chi connectivity index (χ4v) is 2.68. The fraction of sp³-hybridized carbons (Fsp3) is 0.125. The van der Waals surface area contributed by atoms with Gasteiger partial charge in [0.2, 0.25) is 0 Å². The SMILES string of the molecule is O=C(N[C@@H](CO)c1ccccc1)c1cc(Br)ccc1-n1cnnn1. The van der Waals surface area contributed by atoms with E-state index in [0.717, 1.165) is 10.0 Å². The maximum atomic E-state index is 12.7. The van der Waals surface area contributed by atoms with Gasteiger partial charge in [-0.2, -0.15) is 4.68 Å². The molecule has 8 heteroatoms. The molecule has 0 saturated carbocycles. The summed E-state index contributed by atoms with van der Waals surface area (Å²) < 4.78 is 2.17. The maximum absolute atomic E-state index is 12.7. The number of hydrogen-bond acceptors (Lipinski definition) is 5. The molecule has 7 nitrogen and oxygen atoms in total. The van der Waals surface area contributed by atoms with Crippen LogP contribution >= 0.6 is 15.9 Å². The zero-order valence-electron chi connectivity index (χ0n) is 12.5. The van der Waals surface area contributed by atoms with Crippen LogP contribution in [0.25, 0.3) is 5.69 Å². The number of tetrazole rings is 1. The molecule has 1 amide bonds. The standard InChI is InChI=1S/C16H14BrN5O2/c17-12-6-7-15(22-10-18-20-21-22)13(8-12)16(24)19-14(9-23)11-4-2-1-3-5-11/h1-8,10,14,23H,9H2,(H,19,24)/t14-/m0/s1. The van der Waals surface area contributed by atoms with E-state index in [1.165, 1.54) is 11.0 Å². The van der Waals surface area contributed by atoms with Crippen molar-refractivity contribution >= 4 is 21.8 Å². The zero-order chi connectivity index (χ0) is 16.9. The third-order valence-electron chi connectivity index (χ3n) is 3.49. The van der Waals surface area contributed by atoms with Gasteiger partial charge in [-0.15, -0.1) is 5.10 Å². The number of nitrogens with one attached hydrogen (secondary N) is 1. The molecule has 3 rings (SSSR count). The Kier molecular flexibility index (Phi) is 4.97. The van der Waals surface area contributed by atoms with Gasteiger partial charge in [0.1, 0.15) is 6.33 Å². The van der Waals surface area contributed by atoms with Crippen LogP contribution in [0, 0.1) is 0 Å². The first kappa shape index (κ1) is 16.3. The number of halogens is 1. The number of hydrogen-bond donors (Lipinski definition) is 2. The van der Waals surface area contributed by atoms with Crippen LogP contribution in [0.15, 0.2) is 59.3 Å². The molecule has 2 aromatic carbocycles. The molecular formula is C16H14BrN5O2. The molecule has 3 aromatic rings. The maximum Gasteiger partial charge on any atom is 0.254 e. The second-order valence-corrected chi connectivity index (χ2v) is 5.95. The van der Waals surface area contributed by atoms with Gasteiger partial charge in [0, 0.05) is 4.47 Å². The Hall–Kier alpha value is -2.58. The van der Waals surface area contributed by atoms with Gasteiger partial charge in [-0.3, -0.25) is 4.79 Å². The van der Waals surface area contributed by atoms with Gasteiger partial charge in [-0.25, -0.2) is 0 Å². The molecule has 2 N–H and O–H groups in total. The van der Waals surface area contributed by atoms with E-state index >= 15 is 0 Å². The number of carbonyl (C=O) groups excluding carboxylic acids is 1. The van der Waals surface area contributed by atoms with E-state index in [1.807, 2.05) is 30.3 Å². The van der Waals surface area contributed by atoms with E-state index in [2.05, 4.69) is 36.8 Å². The first-order valence-electron chi connectivity index (χ1n) is 7.18. The molecule has 0 unspecified atom stereocenters. The van der Waals surface area contributed by atoms with Crippen LogP contribution in [-0.2, 0) is 0 Å². The Morgan fingerprint density at radius 3 is 2.71 bits per heavy atom. The van der Waals surface area contributed by atoms with Crippen LogP contribution in [0.5, 0.6) is 0 Å². The van der Waals surface area contributed by atoms with E-state index in [4.69, 9.17) is 0 Å². The van der Waals surface area contributed by atoms with Crippen molar-refractivity contribution in [2.75, 3.05) is 6.61 Å². The minimum absolute atomic E-state index is 0.204. The van der Waals surface area contributed by atoms with E-state index < -0.39 is 6.04 Å². The van der Waals surface area contributed by atoms with Crippen LogP contribution in [0.4, 0.5) is 0 Å². The lowest BCUT2D eigenvalue weighted by Gasteiger charge is -2.18. The van der Waals surface area contributed by atoms with E-state index in [-0.39, 0.29) is 12.5 Å². The van der Waals surface area contributed by atoms with Crippen molar-refractivity contribution in [3.8, 4) is 5.69 Å². The smallest absolute Gasteiger partial charge is 0.254 e. The lowest BCUT2D eigenvalue weighted by Crippen LogP contribution is -2.31. The van der Waals surface area contributed by atoms with Gasteiger partial charge in [-0.1, -0.05) is 46.3 Å². The minimum Gasteiger partial charge on any atom is -0.394 e. The van der Waals surface area contributed by atoms with E-state index in [1.54, 1.807) is 18.2 Å². The van der Waals surface area contributed by atoms with Crippen LogP contribution in [0.2, 0.25) is 0 Å². The van der Waals surface area contributed by atoms with Crippen molar-refractivity contribution < 1.29 is 9.90 Å². The number of rotatable bonds is 5. The summed E-state index contributed by atoms with van der Waals surface area (Å²) in [6.07, 6.45) is 1.42. The third kappa shape index (κ3) is 3.50. The van der Waals surface area contributed by atoms with Crippen LogP contribution in [0.3, 0.4) is 0 Å². The summed E-state index contributed by atoms with van der Waals surface area (Å²) in [5.74, 6) is -0.329. The number of carbonyl (C=O) groups is 1. The number of aromatic nitrogens is 4. The third-order valence-corrected chi connectivity index (χ3v) is 3.98. The molecule has 1 atom stereocenters. The molecule has 0 fully saturated rings. The Labute approximate surface area is 146 Å². The Balaban J connectivity index is 1.91. The quantitative estimate of drug-likeness (QED) is 0.697. The summed E-state index contributed by atoms with van der Waals surface area (Å²) in [5.41, 5.74) is 1.77. The summed E-state index contributed by atoms with van der Waals surface area (Å²) in [4.78, 5) is 12.7. The molecule has 0 aliphatic carbocycles. The molecule has 1 aromatic heterocycles. The van der Waals surface area contributed by atoms with Gasteiger partial charge in [0.15, 0.2) is 0 Å². The molecule has 0 radical (unpaired) electrons. The first-order chi connectivity index (χ1) is 11.7. The van der Waals surface area contributed by atoms with Crippen molar-refractivity contribution in [1.82, 2.24) is 25.5 Å². The summed E-state index contributed by atoms with van der Waals surface area (Å²) in [7, 11) is 0. The fourth-order valence-electron chi connectivity index (χ4n) is 2.32. The predicted octanol–water partition coefficient (Wildman–Crippen LogP) is 1.89. The average molecular weight is 388 g/mol. The van der Waals surface area contributed by atoms with E-state index in [9.17, 15) is 9.90 Å². The second-order valence-electron chi connectivity index (χ2n) is 5.04. The summed E-state index contributed by atoms with van der Waals surface area (Å²) >= 11 is 3.37. The van der Waals surface area contributed by atoms with Crippen molar-refractivity contribution in [2.45, 2.75) is 6.04 Å². The zero-order valence-corrected chi connectivity index (χ0v) is 14.1. The largest absolute Gasteiger partial charge is 0.394 e. The Morgan fingerprint density at radius 2 is 2.04 bits per heavy atom. The molecule has 0 aliphatic heterocycles. The molecular weight excluding hydrogens is 374 g/mol. The van der Waals surface area contributed by atoms with E-state index in [0.29, 0.717) is 11.3 Å². The van der Waals surface area contributed by atoms with Gasteiger partial charge in [-0.05, 0) is 34.2 Å². The summed E-state index contributed by atoms with van der Waals surface area (Å²) in [6.45, 7) is -0.204. The van der Waals surface area contributed by atoms with Crippen LogP contribution in [0.1, 0.15) is 22.0 Å². The van der Waals surface area contributed by atoms with Crippen LogP contribution in [-0.4, -0.2) is 37.8 Å². The van der Waals surface area contributed by atoms with Gasteiger partial charge in [0.05, 0.1) is 23.9 Å². The average Bonchev–Trinajstić information content (AvgIpc) is 3.14. The second kappa shape index (κ2) is 7.33. The number of benzene rings is 2. The summed E-state index contributed by atoms with van der Waals surface area (Å²) in [5, 5.41) is 23.5. The molecule has 0 bridgehead atoms. The Bertz CT molecular complexity index is 824. The minimum atomic E-state index is -0.501. The lowest BCUT2D eigenvalue weighted by molar-refractivity contribution is 0.0916. The predicted molar refractivity (Wildman–Crippen MR) is 90.6 cm³/mol. The highest BCUT2D eigenvalue weighted by Crippen LogP contribution is 2.21. The highest BCUT2D eigenvalue weighted by atomic mass is 79.9. The summed E-state index contributed by atoms with van der Waals surface area (Å²) in [6, 6.07) is 14.0. The number of aliphatic hydroxyl groups excluding tert-OH is 1. The number of aliphatic hydroxyl groups is 1. The molecule has 0 saturated heterocycles. The number of nitrogens with zero attached hydrogens (tertiary/aromatic N) is 4. The topological polar surface area (TPSA) is 92.9 Å². The highest BCUT2D eigenvalue weighted by molar-refractivity contribution is 9.10. The van der Waals surface area contributed by atoms with Crippen molar-refractivity contribution in [3.05, 3.63) is 70.5 Å². The molecule has 24 heavy (non-hydrogen) atoms. The van der Waals surface area contributed by atoms with Gasteiger partial charge in [0.25, 0.3) is 5.91 Å². The molecule has 122 valence electrons. The molecule has 1 heterocycles. The van der Waals surface area contributed by atoms with Crippen molar-refractivity contribution in [3.63, 3.8) is 0 Å².